The summed E-state index contributed by atoms with van der Waals surface area (Å²) in [5, 5.41) is 13.2. The molecule has 2 aromatic rings. The van der Waals surface area contributed by atoms with Gasteiger partial charge in [0.2, 0.25) is 0 Å². The maximum atomic E-state index is 11.8. The van der Waals surface area contributed by atoms with Crippen LogP contribution >= 0.6 is 0 Å². The first-order valence-corrected chi connectivity index (χ1v) is 5.25. The topological polar surface area (TPSA) is 82.4 Å². The van der Waals surface area contributed by atoms with E-state index in [4.69, 9.17) is 4.42 Å². The first-order valence-electron chi connectivity index (χ1n) is 5.25. The molecule has 1 aromatic heterocycles. The van der Waals surface area contributed by atoms with Crippen LogP contribution in [0.15, 0.2) is 41.0 Å². The Morgan fingerprint density at radius 1 is 1.17 bits per heavy atom. The minimum absolute atomic E-state index is 0.0576. The molecule has 0 aliphatic heterocycles. The molecule has 0 saturated heterocycles. The number of carboxylic acids is 1. The van der Waals surface area contributed by atoms with Crippen LogP contribution in [0.4, 0.5) is 5.69 Å². The van der Waals surface area contributed by atoms with Crippen LogP contribution in [0, 0.1) is 6.92 Å². The molecule has 1 N–H and O–H groups in total. The van der Waals surface area contributed by atoms with Crippen LogP contribution in [0.5, 0.6) is 0 Å². The van der Waals surface area contributed by atoms with Crippen LogP contribution in [0.3, 0.4) is 0 Å². The van der Waals surface area contributed by atoms with Gasteiger partial charge in [-0.2, -0.15) is 0 Å². The van der Waals surface area contributed by atoms with E-state index in [-0.39, 0.29) is 17.2 Å². The van der Waals surface area contributed by atoms with E-state index in [0.717, 1.165) is 5.56 Å². The van der Waals surface area contributed by atoms with Crippen molar-refractivity contribution in [3.8, 4) is 0 Å². The van der Waals surface area contributed by atoms with Gasteiger partial charge in [-0.1, -0.05) is 12.1 Å². The van der Waals surface area contributed by atoms with Crippen molar-refractivity contribution in [2.45, 2.75) is 6.92 Å². The quantitative estimate of drug-likeness (QED) is 0.879. The third-order valence-electron chi connectivity index (χ3n) is 2.45. The fraction of sp³-hybridized carbons (Fsp3) is 0.0769. The molecule has 0 fully saturated rings. The number of aryl methyl sites for hydroxylation is 1. The molecular weight excluding hydrogens is 234 g/mol. The van der Waals surface area contributed by atoms with Gasteiger partial charge in [0.1, 0.15) is 0 Å². The van der Waals surface area contributed by atoms with Gasteiger partial charge in [-0.05, 0) is 30.7 Å². The monoisotopic (exact) mass is 244 g/mol. The molecular formula is C13H10NO4-. The Kier molecular flexibility index (Phi) is 3.14. The highest BCUT2D eigenvalue weighted by Gasteiger charge is 2.12. The molecule has 1 heterocycles. The Morgan fingerprint density at radius 3 is 2.33 bits per heavy atom. The summed E-state index contributed by atoms with van der Waals surface area (Å²) in [6.07, 6.45) is 1.43. The van der Waals surface area contributed by atoms with Crippen molar-refractivity contribution in [2.24, 2.45) is 0 Å². The molecule has 5 heteroatoms. The Labute approximate surface area is 103 Å². The molecule has 0 aliphatic rings. The zero-order chi connectivity index (χ0) is 13.1. The lowest BCUT2D eigenvalue weighted by molar-refractivity contribution is -0.255. The second kappa shape index (κ2) is 4.75. The van der Waals surface area contributed by atoms with Crippen LogP contribution in [0.2, 0.25) is 0 Å². The number of hydrogen-bond acceptors (Lipinski definition) is 4. The second-order valence-electron chi connectivity index (χ2n) is 3.75. The van der Waals surface area contributed by atoms with Gasteiger partial charge in [-0.3, -0.25) is 4.79 Å². The van der Waals surface area contributed by atoms with Gasteiger partial charge in [-0.25, -0.2) is 0 Å². The number of amides is 1. The minimum atomic E-state index is -1.25. The van der Waals surface area contributed by atoms with Crippen molar-refractivity contribution in [1.82, 2.24) is 0 Å². The summed E-state index contributed by atoms with van der Waals surface area (Å²) in [5.41, 5.74) is 1.28. The van der Waals surface area contributed by atoms with Crippen molar-refractivity contribution in [3.63, 3.8) is 0 Å². The number of hydrogen-bond donors (Lipinski definition) is 1. The van der Waals surface area contributed by atoms with E-state index in [1.807, 2.05) is 0 Å². The highest BCUT2D eigenvalue weighted by Crippen LogP contribution is 2.14. The number of rotatable bonds is 3. The molecule has 0 unspecified atom stereocenters. The van der Waals surface area contributed by atoms with E-state index >= 15 is 0 Å². The third-order valence-corrected chi connectivity index (χ3v) is 2.45. The Balaban J connectivity index is 2.13. The lowest BCUT2D eigenvalue weighted by Gasteiger charge is -2.06. The highest BCUT2D eigenvalue weighted by molar-refractivity contribution is 6.03. The van der Waals surface area contributed by atoms with Gasteiger partial charge in [0.25, 0.3) is 5.91 Å². The van der Waals surface area contributed by atoms with Crippen LogP contribution in [-0.2, 0) is 0 Å². The minimum Gasteiger partial charge on any atom is -0.545 e. The molecule has 1 amide bonds. The average Bonchev–Trinajstić information content (AvgIpc) is 2.76. The van der Waals surface area contributed by atoms with Gasteiger partial charge in [0, 0.05) is 11.3 Å². The molecule has 0 radical (unpaired) electrons. The fourth-order valence-electron chi connectivity index (χ4n) is 1.48. The number of aromatic carboxylic acids is 1. The summed E-state index contributed by atoms with van der Waals surface area (Å²) < 4.78 is 5.04. The smallest absolute Gasteiger partial charge is 0.291 e. The summed E-state index contributed by atoms with van der Waals surface area (Å²) in [5.74, 6) is -1.40. The van der Waals surface area contributed by atoms with E-state index in [1.54, 1.807) is 13.0 Å². The Bertz CT molecular complexity index is 583. The van der Waals surface area contributed by atoms with Crippen molar-refractivity contribution >= 4 is 17.6 Å². The molecule has 1 aromatic carbocycles. The summed E-state index contributed by atoms with van der Waals surface area (Å²) in [6.45, 7) is 1.76. The van der Waals surface area contributed by atoms with E-state index in [9.17, 15) is 14.7 Å². The number of anilines is 1. The van der Waals surface area contributed by atoms with Crippen molar-refractivity contribution in [3.05, 3.63) is 53.5 Å². The number of nitrogens with one attached hydrogen (secondary N) is 1. The Hall–Kier alpha value is -2.56. The first-order chi connectivity index (χ1) is 8.58. The lowest BCUT2D eigenvalue weighted by Crippen LogP contribution is -2.22. The van der Waals surface area contributed by atoms with Crippen molar-refractivity contribution in [1.29, 1.82) is 0 Å². The first kappa shape index (κ1) is 11.9. The SMILES string of the molecule is Cc1ccoc1C(=O)Nc1ccc(C(=O)[O-])cc1. The van der Waals surface area contributed by atoms with Crippen LogP contribution in [0.1, 0.15) is 26.5 Å². The van der Waals surface area contributed by atoms with E-state index < -0.39 is 5.97 Å². The summed E-state index contributed by atoms with van der Waals surface area (Å²) in [6, 6.07) is 7.39. The number of carboxylic acid groups (broad SMARTS) is 1. The molecule has 0 atom stereocenters. The lowest BCUT2D eigenvalue weighted by atomic mass is 10.2. The molecule has 0 aliphatic carbocycles. The molecule has 5 nitrogen and oxygen atoms in total. The number of carbonyl (C=O) groups is 2. The molecule has 0 saturated carbocycles. The van der Waals surface area contributed by atoms with Gasteiger partial charge in [0.15, 0.2) is 5.76 Å². The fourth-order valence-corrected chi connectivity index (χ4v) is 1.48. The standard InChI is InChI=1S/C13H11NO4/c1-8-6-7-18-11(8)12(15)14-10-4-2-9(3-5-10)13(16)17/h2-7H,1H3,(H,14,15)(H,16,17)/p-1. The summed E-state index contributed by atoms with van der Waals surface area (Å²) in [7, 11) is 0. The van der Waals surface area contributed by atoms with E-state index in [0.29, 0.717) is 5.69 Å². The zero-order valence-electron chi connectivity index (χ0n) is 9.60. The molecule has 18 heavy (non-hydrogen) atoms. The average molecular weight is 244 g/mol. The van der Waals surface area contributed by atoms with Gasteiger partial charge < -0.3 is 19.6 Å². The molecule has 2 rings (SSSR count). The maximum absolute atomic E-state index is 11.8. The predicted octanol–water partition coefficient (Wildman–Crippen LogP) is 1.20. The second-order valence-corrected chi connectivity index (χ2v) is 3.75. The highest BCUT2D eigenvalue weighted by atomic mass is 16.4. The predicted molar refractivity (Wildman–Crippen MR) is 62.2 cm³/mol. The van der Waals surface area contributed by atoms with Crippen LogP contribution in [0.25, 0.3) is 0 Å². The van der Waals surface area contributed by atoms with Gasteiger partial charge in [0.05, 0.1) is 12.2 Å². The molecule has 0 spiro atoms. The van der Waals surface area contributed by atoms with Crippen molar-refractivity contribution < 1.29 is 19.1 Å². The van der Waals surface area contributed by atoms with Crippen LogP contribution in [-0.4, -0.2) is 11.9 Å². The van der Waals surface area contributed by atoms with E-state index in [1.165, 1.54) is 30.5 Å². The largest absolute Gasteiger partial charge is 0.545 e. The number of carbonyl (C=O) groups excluding carboxylic acids is 2. The molecule has 0 bridgehead atoms. The van der Waals surface area contributed by atoms with Gasteiger partial charge >= 0.3 is 0 Å². The number of benzene rings is 1. The zero-order valence-corrected chi connectivity index (χ0v) is 9.60. The summed E-state index contributed by atoms with van der Waals surface area (Å²) >= 11 is 0. The van der Waals surface area contributed by atoms with Gasteiger partial charge in [-0.15, -0.1) is 0 Å². The van der Waals surface area contributed by atoms with Crippen molar-refractivity contribution in [2.75, 3.05) is 5.32 Å². The summed E-state index contributed by atoms with van der Waals surface area (Å²) in [4.78, 5) is 22.3. The molecule has 92 valence electrons. The third kappa shape index (κ3) is 2.40. The number of furan rings is 1. The maximum Gasteiger partial charge on any atom is 0.291 e. The van der Waals surface area contributed by atoms with E-state index in [2.05, 4.69) is 5.32 Å². The normalized spacial score (nSPS) is 10.1. The Morgan fingerprint density at radius 2 is 1.83 bits per heavy atom. The van der Waals surface area contributed by atoms with Crippen LogP contribution < -0.4 is 10.4 Å².